The number of rotatable bonds is 3. The molecule has 0 heterocycles. The van der Waals surface area contributed by atoms with Gasteiger partial charge in [-0.25, -0.2) is 9.18 Å². The Morgan fingerprint density at radius 2 is 1.75 bits per heavy atom. The van der Waals surface area contributed by atoms with Crippen molar-refractivity contribution in [3.63, 3.8) is 0 Å². The van der Waals surface area contributed by atoms with Crippen molar-refractivity contribution in [3.8, 4) is 16.9 Å². The van der Waals surface area contributed by atoms with Gasteiger partial charge in [-0.2, -0.15) is 0 Å². The normalized spacial score (nSPS) is 10.2. The van der Waals surface area contributed by atoms with E-state index in [0.717, 1.165) is 11.1 Å². The van der Waals surface area contributed by atoms with Crippen molar-refractivity contribution in [1.82, 2.24) is 0 Å². The molecule has 0 aliphatic carbocycles. The van der Waals surface area contributed by atoms with Gasteiger partial charge in [-0.15, -0.1) is 0 Å². The van der Waals surface area contributed by atoms with Crippen LogP contribution < -0.4 is 4.74 Å². The standard InChI is InChI=1S/C15H12ClFO3/c1-19-14-8-10(4-6-13(14)17)9-3-5-11(12(16)7-9)15(18)20-2/h3-8H,1-2H3. The Bertz CT molecular complexity index is 656. The Kier molecular flexibility index (Phi) is 4.25. The zero-order valence-electron chi connectivity index (χ0n) is 10.9. The van der Waals surface area contributed by atoms with Crippen LogP contribution in [0.3, 0.4) is 0 Å². The second-order valence-corrected chi connectivity index (χ2v) is 4.44. The van der Waals surface area contributed by atoms with Gasteiger partial charge in [0.1, 0.15) is 0 Å². The fraction of sp³-hybridized carbons (Fsp3) is 0.133. The van der Waals surface area contributed by atoms with Gasteiger partial charge >= 0.3 is 5.97 Å². The minimum absolute atomic E-state index is 0.149. The molecule has 2 aromatic carbocycles. The first-order chi connectivity index (χ1) is 9.56. The zero-order valence-corrected chi connectivity index (χ0v) is 11.7. The maximum absolute atomic E-state index is 13.4. The molecule has 20 heavy (non-hydrogen) atoms. The summed E-state index contributed by atoms with van der Waals surface area (Å²) in [5, 5.41) is 0.276. The van der Waals surface area contributed by atoms with Gasteiger partial charge in [-0.3, -0.25) is 0 Å². The fourth-order valence-corrected chi connectivity index (χ4v) is 2.07. The summed E-state index contributed by atoms with van der Waals surface area (Å²) >= 11 is 6.05. The predicted octanol–water partition coefficient (Wildman–Crippen LogP) is 3.94. The first-order valence-electron chi connectivity index (χ1n) is 5.78. The molecule has 0 bridgehead atoms. The van der Waals surface area contributed by atoms with Gasteiger partial charge in [0, 0.05) is 0 Å². The molecule has 0 N–H and O–H groups in total. The maximum Gasteiger partial charge on any atom is 0.339 e. The number of carbonyl (C=O) groups excluding carboxylic acids is 1. The summed E-state index contributed by atoms with van der Waals surface area (Å²) in [6.07, 6.45) is 0. The van der Waals surface area contributed by atoms with E-state index in [1.165, 1.54) is 20.3 Å². The lowest BCUT2D eigenvalue weighted by Gasteiger charge is -2.08. The molecule has 0 saturated heterocycles. The molecule has 0 radical (unpaired) electrons. The number of hydrogen-bond acceptors (Lipinski definition) is 3. The van der Waals surface area contributed by atoms with Crippen molar-refractivity contribution < 1.29 is 18.7 Å². The molecule has 0 fully saturated rings. The minimum Gasteiger partial charge on any atom is -0.494 e. The number of halogens is 2. The third kappa shape index (κ3) is 2.75. The van der Waals surface area contributed by atoms with Crippen LogP contribution in [0.2, 0.25) is 5.02 Å². The molecular weight excluding hydrogens is 283 g/mol. The molecular formula is C15H12ClFO3. The van der Waals surface area contributed by atoms with Gasteiger partial charge in [-0.05, 0) is 35.4 Å². The topological polar surface area (TPSA) is 35.5 Å². The maximum atomic E-state index is 13.4. The van der Waals surface area contributed by atoms with Gasteiger partial charge in [0.05, 0.1) is 24.8 Å². The second-order valence-electron chi connectivity index (χ2n) is 4.04. The van der Waals surface area contributed by atoms with E-state index in [1.807, 2.05) is 0 Å². The van der Waals surface area contributed by atoms with Crippen LogP contribution >= 0.6 is 11.6 Å². The van der Waals surface area contributed by atoms with Crippen molar-refractivity contribution in [3.05, 3.63) is 52.8 Å². The predicted molar refractivity (Wildman–Crippen MR) is 74.7 cm³/mol. The van der Waals surface area contributed by atoms with E-state index in [9.17, 15) is 9.18 Å². The van der Waals surface area contributed by atoms with Crippen LogP contribution in [0.15, 0.2) is 36.4 Å². The lowest BCUT2D eigenvalue weighted by molar-refractivity contribution is 0.0601. The molecule has 2 aromatic rings. The lowest BCUT2D eigenvalue weighted by Crippen LogP contribution is -2.01. The molecule has 2 rings (SSSR count). The zero-order chi connectivity index (χ0) is 14.7. The number of methoxy groups -OCH3 is 2. The smallest absolute Gasteiger partial charge is 0.339 e. The van der Waals surface area contributed by atoms with E-state index in [1.54, 1.807) is 30.3 Å². The van der Waals surface area contributed by atoms with Gasteiger partial charge in [0.25, 0.3) is 0 Å². The largest absolute Gasteiger partial charge is 0.494 e. The van der Waals surface area contributed by atoms with Crippen molar-refractivity contribution in [1.29, 1.82) is 0 Å². The van der Waals surface area contributed by atoms with Crippen LogP contribution in [-0.2, 0) is 4.74 Å². The summed E-state index contributed by atoms with van der Waals surface area (Å²) in [7, 11) is 2.69. The van der Waals surface area contributed by atoms with Crippen LogP contribution in [0.5, 0.6) is 5.75 Å². The number of carbonyl (C=O) groups is 1. The average Bonchev–Trinajstić information content (AvgIpc) is 2.47. The fourth-order valence-electron chi connectivity index (χ4n) is 1.81. The summed E-state index contributed by atoms with van der Waals surface area (Å²) in [6, 6.07) is 9.40. The van der Waals surface area contributed by atoms with Crippen LogP contribution in [0, 0.1) is 5.82 Å². The highest BCUT2D eigenvalue weighted by molar-refractivity contribution is 6.33. The number of benzene rings is 2. The first kappa shape index (κ1) is 14.3. The SMILES string of the molecule is COC(=O)c1ccc(-c2ccc(F)c(OC)c2)cc1Cl. The van der Waals surface area contributed by atoms with Gasteiger partial charge in [0.15, 0.2) is 11.6 Å². The second kappa shape index (κ2) is 5.92. The molecule has 104 valence electrons. The van der Waals surface area contributed by atoms with E-state index in [0.29, 0.717) is 0 Å². The highest BCUT2D eigenvalue weighted by Gasteiger charge is 2.12. The first-order valence-corrected chi connectivity index (χ1v) is 6.16. The van der Waals surface area contributed by atoms with Crippen LogP contribution in [0.1, 0.15) is 10.4 Å². The van der Waals surface area contributed by atoms with Crippen molar-refractivity contribution in [2.45, 2.75) is 0 Å². The third-order valence-electron chi connectivity index (χ3n) is 2.86. The number of esters is 1. The van der Waals surface area contributed by atoms with E-state index >= 15 is 0 Å². The number of hydrogen-bond donors (Lipinski definition) is 0. The molecule has 0 aliphatic heterocycles. The molecule has 5 heteroatoms. The van der Waals surface area contributed by atoms with Gasteiger partial charge in [-0.1, -0.05) is 23.7 Å². The van der Waals surface area contributed by atoms with Gasteiger partial charge in [0.2, 0.25) is 0 Å². The lowest BCUT2D eigenvalue weighted by atomic mass is 10.0. The van der Waals surface area contributed by atoms with E-state index in [2.05, 4.69) is 4.74 Å². The molecule has 0 aromatic heterocycles. The summed E-state index contributed by atoms with van der Waals surface area (Å²) in [5.41, 5.74) is 1.77. The molecule has 0 unspecified atom stereocenters. The molecule has 0 atom stereocenters. The van der Waals surface area contributed by atoms with Crippen molar-refractivity contribution in [2.24, 2.45) is 0 Å². The Morgan fingerprint density at radius 3 is 2.35 bits per heavy atom. The highest BCUT2D eigenvalue weighted by atomic mass is 35.5. The molecule has 0 spiro atoms. The average molecular weight is 295 g/mol. The van der Waals surface area contributed by atoms with Crippen LogP contribution in [0.25, 0.3) is 11.1 Å². The Balaban J connectivity index is 2.44. The molecule has 0 aliphatic rings. The monoisotopic (exact) mass is 294 g/mol. The molecule has 0 amide bonds. The number of ether oxygens (including phenoxy) is 2. The van der Waals surface area contributed by atoms with E-state index in [-0.39, 0.29) is 16.3 Å². The van der Waals surface area contributed by atoms with Gasteiger partial charge < -0.3 is 9.47 Å². The minimum atomic E-state index is -0.502. The Labute approximate surface area is 120 Å². The third-order valence-corrected chi connectivity index (χ3v) is 3.17. The quantitative estimate of drug-likeness (QED) is 0.804. The van der Waals surface area contributed by atoms with E-state index in [4.69, 9.17) is 16.3 Å². The Hall–Kier alpha value is -2.07. The van der Waals surface area contributed by atoms with Crippen molar-refractivity contribution in [2.75, 3.05) is 14.2 Å². The van der Waals surface area contributed by atoms with Crippen molar-refractivity contribution >= 4 is 17.6 Å². The van der Waals surface area contributed by atoms with E-state index < -0.39 is 11.8 Å². The highest BCUT2D eigenvalue weighted by Crippen LogP contribution is 2.29. The summed E-state index contributed by atoms with van der Waals surface area (Å²) in [4.78, 5) is 11.5. The summed E-state index contributed by atoms with van der Waals surface area (Å²) in [5.74, 6) is -0.789. The molecule has 0 saturated carbocycles. The Morgan fingerprint density at radius 1 is 1.10 bits per heavy atom. The summed E-state index contributed by atoms with van der Waals surface area (Å²) in [6.45, 7) is 0. The molecule has 3 nitrogen and oxygen atoms in total. The summed E-state index contributed by atoms with van der Waals surface area (Å²) < 4.78 is 22.9. The van der Waals surface area contributed by atoms with Crippen LogP contribution in [-0.4, -0.2) is 20.2 Å². The van der Waals surface area contributed by atoms with Crippen LogP contribution in [0.4, 0.5) is 4.39 Å².